The van der Waals surface area contributed by atoms with E-state index in [1.165, 1.54) is 24.8 Å². The van der Waals surface area contributed by atoms with E-state index in [2.05, 4.69) is 48.1 Å². The van der Waals surface area contributed by atoms with Crippen LogP contribution in [0.5, 0.6) is 0 Å². The molecule has 14 heavy (non-hydrogen) atoms. The highest BCUT2D eigenvalue weighted by Gasteiger charge is 2.14. The lowest BCUT2D eigenvalue weighted by molar-refractivity contribution is 0.431. The van der Waals surface area contributed by atoms with Gasteiger partial charge in [0.2, 0.25) is 0 Å². The Kier molecular flexibility index (Phi) is 17.6. The van der Waals surface area contributed by atoms with Crippen LogP contribution in [-0.4, -0.2) is 0 Å². The second kappa shape index (κ2) is 12.7. The minimum atomic E-state index is 0.347. The van der Waals surface area contributed by atoms with E-state index in [1.54, 1.807) is 0 Å². The lowest BCUT2D eigenvalue weighted by Crippen LogP contribution is -2.09. The number of rotatable bonds is 3. The molecule has 0 aromatic rings. The summed E-state index contributed by atoms with van der Waals surface area (Å²) < 4.78 is 0. The van der Waals surface area contributed by atoms with Crippen molar-refractivity contribution in [3.63, 3.8) is 0 Å². The van der Waals surface area contributed by atoms with E-state index in [1.807, 2.05) is 13.8 Å². The van der Waals surface area contributed by atoms with E-state index in [-0.39, 0.29) is 0 Å². The summed E-state index contributed by atoms with van der Waals surface area (Å²) in [6.07, 6.45) is 3.82. The molecule has 0 aromatic carbocycles. The van der Waals surface area contributed by atoms with Gasteiger partial charge in [-0.2, -0.15) is 0 Å². The summed E-state index contributed by atoms with van der Waals surface area (Å²) in [7, 11) is 0. The molecule has 0 aliphatic heterocycles. The highest BCUT2D eigenvalue weighted by atomic mass is 14.2. The molecule has 0 spiro atoms. The average Bonchev–Trinajstić information content (AvgIpc) is 2.21. The first-order valence-electron chi connectivity index (χ1n) is 6.08. The Morgan fingerprint density at radius 1 is 1.00 bits per heavy atom. The average molecular weight is 200 g/mol. The van der Waals surface area contributed by atoms with Crippen molar-refractivity contribution in [2.45, 2.75) is 74.7 Å². The van der Waals surface area contributed by atoms with Gasteiger partial charge in [-0.15, -0.1) is 0 Å². The molecule has 0 aliphatic carbocycles. The molecular weight excluding hydrogens is 168 g/mol. The van der Waals surface area contributed by atoms with Crippen molar-refractivity contribution in [3.8, 4) is 0 Å². The van der Waals surface area contributed by atoms with Gasteiger partial charge in [-0.3, -0.25) is 0 Å². The van der Waals surface area contributed by atoms with E-state index in [0.717, 1.165) is 0 Å². The van der Waals surface area contributed by atoms with Crippen LogP contribution in [0.4, 0.5) is 0 Å². The number of allylic oxidation sites excluding steroid dienone is 1. The lowest BCUT2D eigenvalue weighted by Gasteiger charge is -2.22. The van der Waals surface area contributed by atoms with Crippen LogP contribution in [0, 0.1) is 5.41 Å². The van der Waals surface area contributed by atoms with Crippen molar-refractivity contribution in [2.75, 3.05) is 0 Å². The molecule has 0 amide bonds. The Balaban J connectivity index is -0.000000170. The minimum Gasteiger partial charge on any atom is -0.0996 e. The van der Waals surface area contributed by atoms with E-state index in [0.29, 0.717) is 5.41 Å². The zero-order chi connectivity index (χ0) is 12.2. The molecule has 0 rings (SSSR count). The summed E-state index contributed by atoms with van der Waals surface area (Å²) in [5.41, 5.74) is 1.62. The van der Waals surface area contributed by atoms with Crippen molar-refractivity contribution >= 4 is 0 Å². The molecule has 0 bridgehead atoms. The minimum absolute atomic E-state index is 0.347. The Hall–Kier alpha value is -0.260. The molecule has 0 N–H and O–H groups in total. The molecule has 0 aliphatic rings. The Morgan fingerprint density at radius 2 is 1.29 bits per heavy atom. The third-order valence-electron chi connectivity index (χ3n) is 2.54. The van der Waals surface area contributed by atoms with E-state index in [4.69, 9.17) is 0 Å². The molecule has 0 unspecified atom stereocenters. The maximum absolute atomic E-state index is 3.90. The maximum Gasteiger partial charge on any atom is -0.0153 e. The zero-order valence-electron chi connectivity index (χ0n) is 11.8. The van der Waals surface area contributed by atoms with Crippen molar-refractivity contribution in [1.29, 1.82) is 0 Å². The topological polar surface area (TPSA) is 0 Å². The van der Waals surface area contributed by atoms with Crippen molar-refractivity contribution in [1.82, 2.24) is 0 Å². The smallest absolute Gasteiger partial charge is 0.0153 e. The number of hydrogen-bond acceptors (Lipinski definition) is 0. The normalized spacial score (nSPS) is 9.14. The molecule has 0 atom stereocenters. The summed E-state index contributed by atoms with van der Waals surface area (Å²) in [4.78, 5) is 0. The van der Waals surface area contributed by atoms with Gasteiger partial charge in [0.1, 0.15) is 0 Å². The van der Waals surface area contributed by atoms with Gasteiger partial charge < -0.3 is 0 Å². The highest BCUT2D eigenvalue weighted by Crippen LogP contribution is 2.27. The van der Waals surface area contributed by atoms with E-state index in [9.17, 15) is 0 Å². The van der Waals surface area contributed by atoms with Crippen LogP contribution in [-0.2, 0) is 0 Å². The molecule has 0 heterocycles. The maximum atomic E-state index is 3.90. The zero-order valence-corrected chi connectivity index (χ0v) is 11.8. The first kappa shape index (κ1) is 19.3. The lowest BCUT2D eigenvalue weighted by atomic mass is 9.84. The molecule has 0 saturated carbocycles. The fraction of sp³-hybridized carbons (Fsp3) is 0.857. The van der Waals surface area contributed by atoms with Crippen molar-refractivity contribution in [3.05, 3.63) is 12.2 Å². The second-order valence-corrected chi connectivity index (χ2v) is 4.02. The first-order chi connectivity index (χ1) is 6.42. The predicted molar refractivity (Wildman–Crippen MR) is 70.8 cm³/mol. The van der Waals surface area contributed by atoms with Crippen molar-refractivity contribution < 1.29 is 0 Å². The molecule has 88 valence electrons. The summed E-state index contributed by atoms with van der Waals surface area (Å²) in [5.74, 6) is 0. The summed E-state index contributed by atoms with van der Waals surface area (Å²) in [6.45, 7) is 21.0. The van der Waals surface area contributed by atoms with Crippen LogP contribution in [0.25, 0.3) is 0 Å². The van der Waals surface area contributed by atoms with Gasteiger partial charge in [0.05, 0.1) is 0 Å². The monoisotopic (exact) mass is 200 g/mol. The highest BCUT2D eigenvalue weighted by molar-refractivity contribution is 5.01. The fourth-order valence-electron chi connectivity index (χ4n) is 0.302. The quantitative estimate of drug-likeness (QED) is 0.503. The molecule has 0 nitrogen and oxygen atoms in total. The molecule has 0 aromatic heterocycles. The van der Waals surface area contributed by atoms with Gasteiger partial charge in [-0.05, 0) is 18.8 Å². The summed E-state index contributed by atoms with van der Waals surface area (Å²) >= 11 is 0. The molecule has 0 fully saturated rings. The SMILES string of the molecule is C=C(C)C(C)(C)CC.CC.CCCC. The van der Waals surface area contributed by atoms with Gasteiger partial charge in [0, 0.05) is 0 Å². The largest absolute Gasteiger partial charge is 0.0996 e. The molecular formula is C14H32. The van der Waals surface area contributed by atoms with Crippen LogP contribution >= 0.6 is 0 Å². The van der Waals surface area contributed by atoms with Gasteiger partial charge in [-0.25, -0.2) is 0 Å². The van der Waals surface area contributed by atoms with Crippen LogP contribution in [0.15, 0.2) is 12.2 Å². The van der Waals surface area contributed by atoms with Gasteiger partial charge in [-0.1, -0.05) is 73.5 Å². The number of unbranched alkanes of at least 4 members (excludes halogenated alkanes) is 1. The Morgan fingerprint density at radius 3 is 1.29 bits per heavy atom. The first-order valence-corrected chi connectivity index (χ1v) is 6.08. The molecule has 0 heteroatoms. The molecule has 0 radical (unpaired) electrons. The van der Waals surface area contributed by atoms with Crippen molar-refractivity contribution in [2.24, 2.45) is 5.41 Å². The van der Waals surface area contributed by atoms with E-state index >= 15 is 0 Å². The van der Waals surface area contributed by atoms with Gasteiger partial charge >= 0.3 is 0 Å². The van der Waals surface area contributed by atoms with E-state index < -0.39 is 0 Å². The van der Waals surface area contributed by atoms with Crippen LogP contribution in [0.3, 0.4) is 0 Å². The van der Waals surface area contributed by atoms with Crippen LogP contribution in [0.1, 0.15) is 74.7 Å². The third-order valence-corrected chi connectivity index (χ3v) is 2.54. The summed E-state index contributed by atoms with van der Waals surface area (Å²) in [6, 6.07) is 0. The fourth-order valence-corrected chi connectivity index (χ4v) is 0.302. The van der Waals surface area contributed by atoms with Crippen LogP contribution < -0.4 is 0 Å². The molecule has 0 saturated heterocycles. The summed E-state index contributed by atoms with van der Waals surface area (Å²) in [5, 5.41) is 0. The number of hydrogen-bond donors (Lipinski definition) is 0. The third kappa shape index (κ3) is 14.3. The second-order valence-electron chi connectivity index (χ2n) is 4.02. The Bertz CT molecular complexity index is 107. The Labute approximate surface area is 92.8 Å². The van der Waals surface area contributed by atoms with Crippen LogP contribution in [0.2, 0.25) is 0 Å². The standard InChI is InChI=1S/C8H16.C4H10.C2H6/c1-6-8(4,5)7(2)3;1-3-4-2;1-2/h2,6H2,1,3-5H3;3-4H2,1-2H3;1-2H3. The predicted octanol–water partition coefficient (Wildman–Crippen LogP) is 5.83. The van der Waals surface area contributed by atoms with Gasteiger partial charge in [0.25, 0.3) is 0 Å². The van der Waals surface area contributed by atoms with Gasteiger partial charge in [0.15, 0.2) is 0 Å².